The number of carbonyl (C=O) groups is 1. The highest BCUT2D eigenvalue weighted by Crippen LogP contribution is 2.11. The van der Waals surface area contributed by atoms with Gasteiger partial charge >= 0.3 is 0 Å². The Labute approximate surface area is 105 Å². The van der Waals surface area contributed by atoms with Crippen LogP contribution < -0.4 is 0 Å². The van der Waals surface area contributed by atoms with Crippen molar-refractivity contribution in [2.75, 3.05) is 13.1 Å². The molecule has 96 valence electrons. The van der Waals surface area contributed by atoms with Crippen molar-refractivity contribution in [2.45, 2.75) is 52.9 Å². The predicted molar refractivity (Wildman–Crippen MR) is 72.9 cm³/mol. The first kappa shape index (κ1) is 14.0. The maximum atomic E-state index is 11.9. The van der Waals surface area contributed by atoms with E-state index in [-0.39, 0.29) is 5.91 Å². The van der Waals surface area contributed by atoms with Crippen LogP contribution in [0.2, 0.25) is 0 Å². The van der Waals surface area contributed by atoms with Gasteiger partial charge in [0.05, 0.1) is 0 Å². The molecule has 1 aliphatic rings. The predicted octanol–water partition coefficient (Wildman–Crippen LogP) is 3.69. The summed E-state index contributed by atoms with van der Waals surface area (Å²) in [6.45, 7) is 8.16. The van der Waals surface area contributed by atoms with E-state index >= 15 is 0 Å². The van der Waals surface area contributed by atoms with Crippen LogP contribution in [0.5, 0.6) is 0 Å². The van der Waals surface area contributed by atoms with Gasteiger partial charge in [-0.05, 0) is 52.9 Å². The lowest BCUT2D eigenvalue weighted by Gasteiger charge is -2.25. The first-order chi connectivity index (χ1) is 8.09. The number of carbonyl (C=O) groups excluding carboxylic acids is 1. The topological polar surface area (TPSA) is 20.3 Å². The van der Waals surface area contributed by atoms with E-state index in [0.717, 1.165) is 38.8 Å². The van der Waals surface area contributed by atoms with Gasteiger partial charge in [-0.25, -0.2) is 0 Å². The van der Waals surface area contributed by atoms with Crippen LogP contribution in [0, 0.1) is 0 Å². The molecule has 1 rings (SSSR count). The van der Waals surface area contributed by atoms with Gasteiger partial charge in [-0.3, -0.25) is 4.79 Å². The van der Waals surface area contributed by atoms with E-state index in [9.17, 15) is 4.79 Å². The van der Waals surface area contributed by atoms with Gasteiger partial charge < -0.3 is 4.90 Å². The summed E-state index contributed by atoms with van der Waals surface area (Å²) >= 11 is 0. The van der Waals surface area contributed by atoms with E-state index < -0.39 is 0 Å². The van der Waals surface area contributed by atoms with Crippen molar-refractivity contribution in [3.8, 4) is 0 Å². The average molecular weight is 235 g/mol. The largest absolute Gasteiger partial charge is 0.339 e. The highest BCUT2D eigenvalue weighted by Gasteiger charge is 2.14. The molecule has 1 saturated heterocycles. The number of allylic oxidation sites excluding steroid dienone is 3. The third-order valence-corrected chi connectivity index (χ3v) is 3.13. The number of hydrogen-bond acceptors (Lipinski definition) is 1. The molecule has 1 heterocycles. The number of piperidine rings is 1. The smallest absolute Gasteiger partial charge is 0.246 e. The first-order valence-corrected chi connectivity index (χ1v) is 6.69. The lowest BCUT2D eigenvalue weighted by Crippen LogP contribution is -2.34. The number of nitrogens with zero attached hydrogens (tertiary/aromatic N) is 1. The first-order valence-electron chi connectivity index (χ1n) is 6.69. The molecule has 0 spiro atoms. The highest BCUT2D eigenvalue weighted by atomic mass is 16.2. The molecule has 0 radical (unpaired) electrons. The Hall–Kier alpha value is -1.05. The van der Waals surface area contributed by atoms with Gasteiger partial charge in [0.1, 0.15) is 0 Å². The Balaban J connectivity index is 2.38. The molecule has 1 aliphatic heterocycles. The maximum absolute atomic E-state index is 11.9. The van der Waals surface area contributed by atoms with E-state index in [2.05, 4.69) is 26.8 Å². The Morgan fingerprint density at radius 1 is 1.12 bits per heavy atom. The highest BCUT2D eigenvalue weighted by molar-refractivity contribution is 5.88. The fourth-order valence-corrected chi connectivity index (χ4v) is 2.08. The van der Waals surface area contributed by atoms with E-state index in [1.165, 1.54) is 17.6 Å². The van der Waals surface area contributed by atoms with Gasteiger partial charge in [0.2, 0.25) is 5.91 Å². The quantitative estimate of drug-likeness (QED) is 0.537. The normalized spacial score (nSPS) is 16.9. The van der Waals surface area contributed by atoms with Gasteiger partial charge in [-0.2, -0.15) is 0 Å². The van der Waals surface area contributed by atoms with Crippen LogP contribution in [0.15, 0.2) is 23.3 Å². The lowest BCUT2D eigenvalue weighted by molar-refractivity contribution is -0.126. The van der Waals surface area contributed by atoms with Gasteiger partial charge in [-0.15, -0.1) is 0 Å². The third kappa shape index (κ3) is 5.71. The molecule has 2 heteroatoms. The maximum Gasteiger partial charge on any atom is 0.246 e. The third-order valence-electron chi connectivity index (χ3n) is 3.13. The number of hydrogen-bond donors (Lipinski definition) is 0. The molecule has 1 amide bonds. The minimum atomic E-state index is 0.208. The summed E-state index contributed by atoms with van der Waals surface area (Å²) in [5.41, 5.74) is 2.54. The SMILES string of the molecule is CC(C)=CCC/C(C)=C/C(=O)N1CCCCC1. The van der Waals surface area contributed by atoms with Crippen LogP contribution in [0.3, 0.4) is 0 Å². The van der Waals surface area contributed by atoms with E-state index in [1.807, 2.05) is 11.0 Å². The molecule has 0 N–H and O–H groups in total. The zero-order chi connectivity index (χ0) is 12.7. The van der Waals surface area contributed by atoms with Crippen LogP contribution in [0.25, 0.3) is 0 Å². The summed E-state index contributed by atoms with van der Waals surface area (Å²) in [6, 6.07) is 0. The Morgan fingerprint density at radius 3 is 2.35 bits per heavy atom. The Morgan fingerprint density at radius 2 is 1.76 bits per heavy atom. The molecule has 0 atom stereocenters. The molecule has 0 aromatic rings. The monoisotopic (exact) mass is 235 g/mol. The van der Waals surface area contributed by atoms with Crippen LogP contribution in [0.1, 0.15) is 52.9 Å². The second-order valence-corrected chi connectivity index (χ2v) is 5.20. The van der Waals surface area contributed by atoms with Crippen LogP contribution in [0.4, 0.5) is 0 Å². The Kier molecular flexibility index (Phi) is 6.03. The van der Waals surface area contributed by atoms with Gasteiger partial charge in [0.25, 0.3) is 0 Å². The summed E-state index contributed by atoms with van der Waals surface area (Å²) in [5, 5.41) is 0. The summed E-state index contributed by atoms with van der Waals surface area (Å²) in [6.07, 6.45) is 9.68. The van der Waals surface area contributed by atoms with Crippen LogP contribution in [-0.2, 0) is 4.79 Å². The molecular formula is C15H25NO. The molecule has 0 unspecified atom stereocenters. The van der Waals surface area contributed by atoms with Gasteiger partial charge in [0.15, 0.2) is 0 Å². The Bertz CT molecular complexity index is 305. The van der Waals surface area contributed by atoms with Gasteiger partial charge in [0, 0.05) is 19.2 Å². The zero-order valence-electron chi connectivity index (χ0n) is 11.5. The number of rotatable bonds is 4. The number of amides is 1. The van der Waals surface area contributed by atoms with Crippen molar-refractivity contribution >= 4 is 5.91 Å². The minimum absolute atomic E-state index is 0.208. The molecular weight excluding hydrogens is 210 g/mol. The van der Waals surface area contributed by atoms with Crippen molar-refractivity contribution in [3.05, 3.63) is 23.3 Å². The second kappa shape index (κ2) is 7.31. The average Bonchev–Trinajstić information content (AvgIpc) is 2.29. The molecule has 0 bridgehead atoms. The second-order valence-electron chi connectivity index (χ2n) is 5.20. The summed E-state index contributed by atoms with van der Waals surface area (Å²) in [5.74, 6) is 0.208. The zero-order valence-corrected chi connectivity index (χ0v) is 11.5. The van der Waals surface area contributed by atoms with E-state index in [1.54, 1.807) is 0 Å². The molecule has 0 aliphatic carbocycles. The van der Waals surface area contributed by atoms with Crippen molar-refractivity contribution in [1.82, 2.24) is 4.90 Å². The van der Waals surface area contributed by atoms with Crippen molar-refractivity contribution in [3.63, 3.8) is 0 Å². The molecule has 0 saturated carbocycles. The summed E-state index contributed by atoms with van der Waals surface area (Å²) in [4.78, 5) is 13.9. The van der Waals surface area contributed by atoms with E-state index in [0.29, 0.717) is 0 Å². The fourth-order valence-electron chi connectivity index (χ4n) is 2.08. The molecule has 0 aromatic carbocycles. The van der Waals surface area contributed by atoms with Crippen LogP contribution in [-0.4, -0.2) is 23.9 Å². The molecule has 1 fully saturated rings. The summed E-state index contributed by atoms with van der Waals surface area (Å²) < 4.78 is 0. The summed E-state index contributed by atoms with van der Waals surface area (Å²) in [7, 11) is 0. The van der Waals surface area contributed by atoms with Crippen molar-refractivity contribution in [1.29, 1.82) is 0 Å². The van der Waals surface area contributed by atoms with Crippen LogP contribution >= 0.6 is 0 Å². The molecule has 0 aromatic heterocycles. The fraction of sp³-hybridized carbons (Fsp3) is 0.667. The standard InChI is InChI=1S/C15H25NO/c1-13(2)8-7-9-14(3)12-15(17)16-10-5-4-6-11-16/h8,12H,4-7,9-11H2,1-3H3/b14-12+. The van der Waals surface area contributed by atoms with Crippen molar-refractivity contribution < 1.29 is 4.79 Å². The minimum Gasteiger partial charge on any atom is -0.339 e. The van der Waals surface area contributed by atoms with E-state index in [4.69, 9.17) is 0 Å². The van der Waals surface area contributed by atoms with Gasteiger partial charge in [-0.1, -0.05) is 17.2 Å². The molecule has 2 nitrogen and oxygen atoms in total. The van der Waals surface area contributed by atoms with Crippen molar-refractivity contribution in [2.24, 2.45) is 0 Å². The lowest BCUT2D eigenvalue weighted by atomic mass is 10.1. The molecule has 17 heavy (non-hydrogen) atoms. The number of likely N-dealkylation sites (tertiary alicyclic amines) is 1.